The Morgan fingerprint density at radius 3 is 2.09 bits per heavy atom. The molecule has 0 aromatic heterocycles. The van der Waals surface area contributed by atoms with Gasteiger partial charge in [0.05, 0.1) is 13.2 Å². The molecule has 1 saturated heterocycles. The summed E-state index contributed by atoms with van der Waals surface area (Å²) in [6.07, 6.45) is 2.35. The molecule has 0 amide bonds. The molecule has 0 saturated carbocycles. The maximum atomic E-state index is 5.93. The zero-order valence-electron chi connectivity index (χ0n) is 12.8. The first-order valence-electron chi connectivity index (χ1n) is 7.96. The van der Waals surface area contributed by atoms with Crippen molar-refractivity contribution in [1.29, 1.82) is 0 Å². The van der Waals surface area contributed by atoms with Crippen molar-refractivity contribution in [3.63, 3.8) is 0 Å². The molecular weight excluding hydrogens is 294 g/mol. The quantitative estimate of drug-likeness (QED) is 0.817. The minimum absolute atomic E-state index is 0.781. The molecule has 2 nitrogen and oxygen atoms in total. The third kappa shape index (κ3) is 4.33. The van der Waals surface area contributed by atoms with Gasteiger partial charge in [0.15, 0.2) is 0 Å². The number of ether oxygens (including phenoxy) is 1. The summed E-state index contributed by atoms with van der Waals surface area (Å²) in [5, 5.41) is 0.781. The third-order valence-electron chi connectivity index (χ3n) is 4.17. The van der Waals surface area contributed by atoms with Crippen LogP contribution in [0.4, 0.5) is 0 Å². The summed E-state index contributed by atoms with van der Waals surface area (Å²) in [7, 11) is 0. The lowest BCUT2D eigenvalue weighted by molar-refractivity contribution is 0.0375. The summed E-state index contributed by atoms with van der Waals surface area (Å²) >= 11 is 5.93. The smallest absolute Gasteiger partial charge is 0.0594 e. The van der Waals surface area contributed by atoms with Gasteiger partial charge in [-0.15, -0.1) is 0 Å². The first-order valence-corrected chi connectivity index (χ1v) is 8.34. The van der Waals surface area contributed by atoms with Crippen molar-refractivity contribution >= 4 is 11.6 Å². The highest BCUT2D eigenvalue weighted by molar-refractivity contribution is 6.30. The van der Waals surface area contributed by atoms with Crippen LogP contribution in [0.15, 0.2) is 48.5 Å². The van der Waals surface area contributed by atoms with Gasteiger partial charge in [-0.1, -0.05) is 48.0 Å². The van der Waals surface area contributed by atoms with E-state index in [-0.39, 0.29) is 0 Å². The topological polar surface area (TPSA) is 12.5 Å². The molecule has 3 heteroatoms. The molecule has 0 atom stereocenters. The first-order chi connectivity index (χ1) is 10.8. The molecule has 0 N–H and O–H groups in total. The van der Waals surface area contributed by atoms with Crippen LogP contribution in [0.25, 0.3) is 11.1 Å². The van der Waals surface area contributed by atoms with E-state index in [1.807, 2.05) is 12.1 Å². The zero-order valence-corrected chi connectivity index (χ0v) is 13.6. The molecule has 0 radical (unpaired) electrons. The molecular formula is C19H22ClNO. The number of hydrogen-bond donors (Lipinski definition) is 0. The molecule has 2 aromatic rings. The Morgan fingerprint density at radius 1 is 0.864 bits per heavy atom. The number of benzene rings is 2. The predicted octanol–water partition coefficient (Wildman–Crippen LogP) is 4.27. The van der Waals surface area contributed by atoms with Crippen LogP contribution in [-0.4, -0.2) is 37.7 Å². The van der Waals surface area contributed by atoms with Crippen molar-refractivity contribution in [2.24, 2.45) is 0 Å². The van der Waals surface area contributed by atoms with Crippen molar-refractivity contribution in [1.82, 2.24) is 4.90 Å². The molecule has 2 aromatic carbocycles. The molecule has 0 bridgehead atoms. The molecule has 116 valence electrons. The fourth-order valence-electron chi connectivity index (χ4n) is 2.84. The maximum absolute atomic E-state index is 5.93. The van der Waals surface area contributed by atoms with Gasteiger partial charge in [-0.3, -0.25) is 4.90 Å². The molecule has 0 aliphatic carbocycles. The van der Waals surface area contributed by atoms with Gasteiger partial charge in [0, 0.05) is 18.1 Å². The SMILES string of the molecule is Clc1ccc(-c2ccc(CCCN3CCOCC3)cc2)cc1. The van der Waals surface area contributed by atoms with Crippen molar-refractivity contribution in [3.05, 3.63) is 59.1 Å². The Balaban J connectivity index is 1.51. The van der Waals surface area contributed by atoms with Crippen LogP contribution in [-0.2, 0) is 11.2 Å². The fraction of sp³-hybridized carbons (Fsp3) is 0.368. The van der Waals surface area contributed by atoms with E-state index in [1.165, 1.54) is 29.7 Å². The van der Waals surface area contributed by atoms with Crippen LogP contribution >= 0.6 is 11.6 Å². The van der Waals surface area contributed by atoms with Crippen LogP contribution in [0, 0.1) is 0 Å². The van der Waals surface area contributed by atoms with Gasteiger partial charge in [0.25, 0.3) is 0 Å². The van der Waals surface area contributed by atoms with Crippen LogP contribution in [0.1, 0.15) is 12.0 Å². The summed E-state index contributed by atoms with van der Waals surface area (Å²) in [6, 6.07) is 16.9. The predicted molar refractivity (Wildman–Crippen MR) is 92.5 cm³/mol. The van der Waals surface area contributed by atoms with Crippen molar-refractivity contribution in [3.8, 4) is 11.1 Å². The molecule has 22 heavy (non-hydrogen) atoms. The average molecular weight is 316 g/mol. The normalized spacial score (nSPS) is 15.9. The van der Waals surface area contributed by atoms with E-state index in [2.05, 4.69) is 41.3 Å². The van der Waals surface area contributed by atoms with E-state index in [0.29, 0.717) is 0 Å². The fourth-order valence-corrected chi connectivity index (χ4v) is 2.96. The van der Waals surface area contributed by atoms with E-state index in [0.717, 1.165) is 37.7 Å². The average Bonchev–Trinajstić information content (AvgIpc) is 2.57. The van der Waals surface area contributed by atoms with Crippen molar-refractivity contribution in [2.75, 3.05) is 32.8 Å². The number of morpholine rings is 1. The number of rotatable bonds is 5. The number of hydrogen-bond acceptors (Lipinski definition) is 2. The molecule has 1 fully saturated rings. The highest BCUT2D eigenvalue weighted by atomic mass is 35.5. The lowest BCUT2D eigenvalue weighted by Gasteiger charge is -2.26. The maximum Gasteiger partial charge on any atom is 0.0594 e. The summed E-state index contributed by atoms with van der Waals surface area (Å²) in [5.41, 5.74) is 3.86. The Morgan fingerprint density at radius 2 is 1.45 bits per heavy atom. The summed E-state index contributed by atoms with van der Waals surface area (Å²) < 4.78 is 5.38. The lowest BCUT2D eigenvalue weighted by Crippen LogP contribution is -2.36. The van der Waals surface area contributed by atoms with Gasteiger partial charge < -0.3 is 4.74 Å². The first kappa shape index (κ1) is 15.5. The van der Waals surface area contributed by atoms with Gasteiger partial charge in [-0.05, 0) is 48.2 Å². The number of halogens is 1. The summed E-state index contributed by atoms with van der Waals surface area (Å²) in [6.45, 7) is 5.10. The molecule has 0 unspecified atom stereocenters. The van der Waals surface area contributed by atoms with Gasteiger partial charge >= 0.3 is 0 Å². The zero-order chi connectivity index (χ0) is 15.2. The van der Waals surface area contributed by atoms with E-state index in [1.54, 1.807) is 0 Å². The van der Waals surface area contributed by atoms with E-state index < -0.39 is 0 Å². The van der Waals surface area contributed by atoms with Gasteiger partial charge in [-0.2, -0.15) is 0 Å². The highest BCUT2D eigenvalue weighted by Crippen LogP contribution is 2.22. The third-order valence-corrected chi connectivity index (χ3v) is 4.43. The largest absolute Gasteiger partial charge is 0.379 e. The van der Waals surface area contributed by atoms with Crippen LogP contribution in [0.5, 0.6) is 0 Å². The Bertz CT molecular complexity index is 573. The molecule has 0 spiro atoms. The van der Waals surface area contributed by atoms with Gasteiger partial charge in [-0.25, -0.2) is 0 Å². The summed E-state index contributed by atoms with van der Waals surface area (Å²) in [5.74, 6) is 0. The van der Waals surface area contributed by atoms with Crippen molar-refractivity contribution in [2.45, 2.75) is 12.8 Å². The molecule has 3 rings (SSSR count). The van der Waals surface area contributed by atoms with Crippen molar-refractivity contribution < 1.29 is 4.74 Å². The standard InChI is InChI=1S/C19H22ClNO/c20-19-9-7-18(8-10-19)17-5-3-16(4-6-17)2-1-11-21-12-14-22-15-13-21/h3-10H,1-2,11-15H2. The highest BCUT2D eigenvalue weighted by Gasteiger charge is 2.09. The number of nitrogens with zero attached hydrogens (tertiary/aromatic N) is 1. The molecule has 1 aliphatic heterocycles. The second kappa shape index (κ2) is 7.77. The van der Waals surface area contributed by atoms with Crippen LogP contribution in [0.2, 0.25) is 5.02 Å². The van der Waals surface area contributed by atoms with Gasteiger partial charge in [0.1, 0.15) is 0 Å². The van der Waals surface area contributed by atoms with Crippen LogP contribution < -0.4 is 0 Å². The minimum Gasteiger partial charge on any atom is -0.379 e. The van der Waals surface area contributed by atoms with E-state index >= 15 is 0 Å². The molecule has 1 heterocycles. The summed E-state index contributed by atoms with van der Waals surface area (Å²) in [4.78, 5) is 2.49. The van der Waals surface area contributed by atoms with Crippen LogP contribution in [0.3, 0.4) is 0 Å². The second-order valence-corrected chi connectivity index (χ2v) is 6.20. The Hall–Kier alpha value is -1.35. The van der Waals surface area contributed by atoms with E-state index in [9.17, 15) is 0 Å². The second-order valence-electron chi connectivity index (χ2n) is 5.76. The monoisotopic (exact) mass is 315 g/mol. The van der Waals surface area contributed by atoms with Gasteiger partial charge in [0.2, 0.25) is 0 Å². The minimum atomic E-state index is 0.781. The van der Waals surface area contributed by atoms with E-state index in [4.69, 9.17) is 16.3 Å². The molecule has 1 aliphatic rings. The Kier molecular flexibility index (Phi) is 5.49. The lowest BCUT2D eigenvalue weighted by atomic mass is 10.0. The number of aryl methyl sites for hydroxylation is 1. The Labute approximate surface area is 137 Å².